The lowest BCUT2D eigenvalue weighted by molar-refractivity contribution is 0.0593. The lowest BCUT2D eigenvalue weighted by atomic mass is 10.2. The molecule has 1 aromatic rings. The first-order valence-corrected chi connectivity index (χ1v) is 8.50. The Hall–Kier alpha value is -1.61. The lowest BCUT2D eigenvalue weighted by Gasteiger charge is -2.26. The number of esters is 1. The number of ether oxygens (including phenoxy) is 1. The van der Waals surface area contributed by atoms with E-state index in [9.17, 15) is 26.4 Å². The minimum atomic E-state index is -4.36. The van der Waals surface area contributed by atoms with E-state index >= 15 is 0 Å². The van der Waals surface area contributed by atoms with E-state index in [0.717, 1.165) is 17.8 Å². The molecular formula is C14H14F3NO4S. The predicted molar refractivity (Wildman–Crippen MR) is 72.7 cm³/mol. The minimum Gasteiger partial charge on any atom is -0.465 e. The molecule has 1 aliphatic heterocycles. The Morgan fingerprint density at radius 1 is 1.26 bits per heavy atom. The smallest absolute Gasteiger partial charge is 0.341 e. The summed E-state index contributed by atoms with van der Waals surface area (Å²) >= 11 is 0. The van der Waals surface area contributed by atoms with Crippen molar-refractivity contribution in [2.45, 2.75) is 30.2 Å². The van der Waals surface area contributed by atoms with Crippen LogP contribution in [0.15, 0.2) is 11.0 Å². The summed E-state index contributed by atoms with van der Waals surface area (Å²) in [4.78, 5) is 10.4. The summed E-state index contributed by atoms with van der Waals surface area (Å²) in [6.07, 6.45) is 2.19. The third-order valence-electron chi connectivity index (χ3n) is 4.31. The van der Waals surface area contributed by atoms with Crippen LogP contribution in [0.3, 0.4) is 0 Å². The van der Waals surface area contributed by atoms with Gasteiger partial charge in [-0.3, -0.25) is 0 Å². The topological polar surface area (TPSA) is 63.7 Å². The number of halogens is 3. The molecule has 0 aromatic heterocycles. The second kappa shape index (κ2) is 5.48. The zero-order valence-electron chi connectivity index (χ0n) is 12.2. The standard InChI is InChI=1S/C14H14F3NO4S/c1-22-14(19)8-6-10(12(16)13(17)11(8)15)23(20,21)18-4-2-3-7-5-9(7)18/h6-7,9H,2-5H2,1H3. The molecule has 1 aliphatic carbocycles. The van der Waals surface area contributed by atoms with Crippen LogP contribution in [-0.4, -0.2) is 38.4 Å². The van der Waals surface area contributed by atoms with Gasteiger partial charge in [-0.15, -0.1) is 0 Å². The summed E-state index contributed by atoms with van der Waals surface area (Å²) in [6.45, 7) is 0.190. The minimum absolute atomic E-state index is 0.190. The molecule has 0 spiro atoms. The molecule has 2 fully saturated rings. The fourth-order valence-electron chi connectivity index (χ4n) is 3.02. The largest absolute Gasteiger partial charge is 0.465 e. The molecule has 0 N–H and O–H groups in total. The maximum atomic E-state index is 14.0. The van der Waals surface area contributed by atoms with E-state index in [2.05, 4.69) is 4.74 Å². The van der Waals surface area contributed by atoms with Gasteiger partial charge in [0.2, 0.25) is 10.0 Å². The zero-order valence-corrected chi connectivity index (χ0v) is 13.0. The molecule has 126 valence electrons. The number of fused-ring (bicyclic) bond motifs is 1. The number of benzene rings is 1. The average molecular weight is 349 g/mol. The van der Waals surface area contributed by atoms with Crippen molar-refractivity contribution in [3.63, 3.8) is 0 Å². The molecule has 0 amide bonds. The van der Waals surface area contributed by atoms with E-state index in [-0.39, 0.29) is 18.5 Å². The first-order chi connectivity index (χ1) is 10.8. The SMILES string of the molecule is COC(=O)c1cc(S(=O)(=O)N2CCCC3CC32)c(F)c(F)c1F. The summed E-state index contributed by atoms with van der Waals surface area (Å²) < 4.78 is 72.0. The Bertz CT molecular complexity index is 781. The van der Waals surface area contributed by atoms with E-state index in [0.29, 0.717) is 18.9 Å². The Kier molecular flexibility index (Phi) is 3.88. The van der Waals surface area contributed by atoms with E-state index in [4.69, 9.17) is 0 Å². The molecule has 0 radical (unpaired) electrons. The van der Waals surface area contributed by atoms with Crippen molar-refractivity contribution >= 4 is 16.0 Å². The van der Waals surface area contributed by atoms with Crippen molar-refractivity contribution in [3.05, 3.63) is 29.1 Å². The van der Waals surface area contributed by atoms with Crippen molar-refractivity contribution in [2.24, 2.45) is 5.92 Å². The Labute approximate surface area is 131 Å². The van der Waals surface area contributed by atoms with Crippen molar-refractivity contribution in [1.29, 1.82) is 0 Å². The van der Waals surface area contributed by atoms with E-state index < -0.39 is 43.9 Å². The highest BCUT2D eigenvalue weighted by Gasteiger charge is 2.50. The van der Waals surface area contributed by atoms with Gasteiger partial charge in [0, 0.05) is 12.6 Å². The number of hydrogen-bond donors (Lipinski definition) is 0. The van der Waals surface area contributed by atoms with Gasteiger partial charge in [-0.2, -0.15) is 4.31 Å². The van der Waals surface area contributed by atoms with E-state index in [1.165, 1.54) is 0 Å². The summed E-state index contributed by atoms with van der Waals surface area (Å²) in [7, 11) is -3.43. The Morgan fingerprint density at radius 3 is 2.61 bits per heavy atom. The van der Waals surface area contributed by atoms with Crippen LogP contribution in [0.1, 0.15) is 29.6 Å². The monoisotopic (exact) mass is 349 g/mol. The highest BCUT2D eigenvalue weighted by Crippen LogP contribution is 2.45. The third kappa shape index (κ3) is 2.51. The first kappa shape index (κ1) is 16.3. The molecule has 1 heterocycles. The number of sulfonamides is 1. The summed E-state index contributed by atoms with van der Waals surface area (Å²) in [5.74, 6) is -6.64. The number of carbonyl (C=O) groups excluding carboxylic acids is 1. The van der Waals surface area contributed by atoms with Gasteiger partial charge in [0.05, 0.1) is 12.7 Å². The first-order valence-electron chi connectivity index (χ1n) is 7.06. The van der Waals surface area contributed by atoms with Crippen LogP contribution in [0.25, 0.3) is 0 Å². The molecule has 2 unspecified atom stereocenters. The van der Waals surface area contributed by atoms with Crippen LogP contribution >= 0.6 is 0 Å². The summed E-state index contributed by atoms with van der Waals surface area (Å²) in [5.41, 5.74) is -0.950. The normalized spacial score (nSPS) is 24.2. The van der Waals surface area contributed by atoms with Crippen molar-refractivity contribution in [1.82, 2.24) is 4.31 Å². The second-order valence-corrected chi connectivity index (χ2v) is 7.54. The Balaban J connectivity index is 2.11. The quantitative estimate of drug-likeness (QED) is 0.619. The van der Waals surface area contributed by atoms with Gasteiger partial charge >= 0.3 is 5.97 Å². The molecule has 2 atom stereocenters. The number of rotatable bonds is 3. The van der Waals surface area contributed by atoms with Gasteiger partial charge in [-0.1, -0.05) is 0 Å². The van der Waals surface area contributed by atoms with Crippen LogP contribution in [0.5, 0.6) is 0 Å². The van der Waals surface area contributed by atoms with E-state index in [1.807, 2.05) is 0 Å². The average Bonchev–Trinajstić information content (AvgIpc) is 3.31. The van der Waals surface area contributed by atoms with Crippen LogP contribution in [-0.2, 0) is 14.8 Å². The molecule has 1 saturated carbocycles. The van der Waals surface area contributed by atoms with Crippen molar-refractivity contribution in [3.8, 4) is 0 Å². The molecule has 0 bridgehead atoms. The molecule has 2 aliphatic rings. The number of nitrogens with zero attached hydrogens (tertiary/aromatic N) is 1. The molecule has 3 rings (SSSR count). The fraction of sp³-hybridized carbons (Fsp3) is 0.500. The molecule has 1 saturated heterocycles. The van der Waals surface area contributed by atoms with Crippen molar-refractivity contribution < 1.29 is 31.1 Å². The summed E-state index contributed by atoms with van der Waals surface area (Å²) in [5, 5.41) is 0. The third-order valence-corrected chi connectivity index (χ3v) is 6.24. The second-order valence-electron chi connectivity index (χ2n) is 5.68. The van der Waals surface area contributed by atoms with Gasteiger partial charge in [-0.05, 0) is 31.2 Å². The van der Waals surface area contributed by atoms with Crippen LogP contribution < -0.4 is 0 Å². The number of hydrogen-bond acceptors (Lipinski definition) is 4. The maximum Gasteiger partial charge on any atom is 0.341 e. The van der Waals surface area contributed by atoms with Gasteiger partial charge < -0.3 is 4.74 Å². The molecule has 1 aromatic carbocycles. The highest BCUT2D eigenvalue weighted by molar-refractivity contribution is 7.89. The fourth-order valence-corrected chi connectivity index (χ4v) is 4.84. The van der Waals surface area contributed by atoms with Gasteiger partial charge in [0.1, 0.15) is 4.90 Å². The van der Waals surface area contributed by atoms with Gasteiger partial charge in [-0.25, -0.2) is 26.4 Å². The number of carbonyl (C=O) groups is 1. The highest BCUT2D eigenvalue weighted by atomic mass is 32.2. The summed E-state index contributed by atoms with van der Waals surface area (Å²) in [6, 6.07) is 0.267. The van der Waals surface area contributed by atoms with Crippen LogP contribution in [0, 0.1) is 23.4 Å². The van der Waals surface area contributed by atoms with Gasteiger partial charge in [0.25, 0.3) is 0 Å². The maximum absolute atomic E-state index is 14.0. The molecule has 5 nitrogen and oxygen atoms in total. The van der Waals surface area contributed by atoms with E-state index in [1.54, 1.807) is 0 Å². The molecule has 9 heteroatoms. The van der Waals surface area contributed by atoms with Crippen molar-refractivity contribution in [2.75, 3.05) is 13.7 Å². The van der Waals surface area contributed by atoms with Gasteiger partial charge in [0.15, 0.2) is 17.5 Å². The number of piperidine rings is 1. The van der Waals surface area contributed by atoms with Crippen LogP contribution in [0.4, 0.5) is 13.2 Å². The number of methoxy groups -OCH3 is 1. The Morgan fingerprint density at radius 2 is 1.96 bits per heavy atom. The zero-order chi connectivity index (χ0) is 16.9. The predicted octanol–water partition coefficient (Wildman–Crippen LogP) is 2.06. The lowest BCUT2D eigenvalue weighted by Crippen LogP contribution is -2.38. The van der Waals surface area contributed by atoms with Crippen LogP contribution in [0.2, 0.25) is 0 Å². The molecule has 23 heavy (non-hydrogen) atoms. The molecular weight excluding hydrogens is 335 g/mol.